The Balaban J connectivity index is 2.40. The van der Waals surface area contributed by atoms with Gasteiger partial charge in [-0.05, 0) is 62.9 Å². The fourth-order valence-corrected chi connectivity index (χ4v) is 3.12. The van der Waals surface area contributed by atoms with E-state index in [2.05, 4.69) is 20.8 Å². The van der Waals surface area contributed by atoms with Crippen molar-refractivity contribution < 1.29 is 9.59 Å². The molecule has 0 fully saturated rings. The van der Waals surface area contributed by atoms with Gasteiger partial charge in [-0.3, -0.25) is 9.59 Å². The molecule has 2 amide bonds. The second kappa shape index (κ2) is 8.17. The molecule has 4 heteroatoms. The minimum atomic E-state index is -0.552. The van der Waals surface area contributed by atoms with Gasteiger partial charge in [-0.25, -0.2) is 10.0 Å². The normalized spacial score (nSPS) is 11.8. The van der Waals surface area contributed by atoms with Gasteiger partial charge in [0.1, 0.15) is 0 Å². The number of amides is 2. The summed E-state index contributed by atoms with van der Waals surface area (Å²) in [5.74, 6) is -0.364. The van der Waals surface area contributed by atoms with E-state index in [0.717, 1.165) is 0 Å². The fourth-order valence-electron chi connectivity index (χ4n) is 3.12. The summed E-state index contributed by atoms with van der Waals surface area (Å²) in [4.78, 5) is 26.5. The highest BCUT2D eigenvalue weighted by atomic mass is 16.2. The maximum absolute atomic E-state index is 13.3. The predicted molar refractivity (Wildman–Crippen MR) is 114 cm³/mol. The lowest BCUT2D eigenvalue weighted by atomic mass is 9.86. The van der Waals surface area contributed by atoms with E-state index in [-0.39, 0.29) is 17.2 Å². The first-order valence-electron chi connectivity index (χ1n) is 9.78. The third-order valence-electron chi connectivity index (χ3n) is 4.62. The summed E-state index contributed by atoms with van der Waals surface area (Å²) in [5.41, 5.74) is 1.77. The van der Waals surface area contributed by atoms with Crippen LogP contribution in [0, 0.1) is 0 Å². The summed E-state index contributed by atoms with van der Waals surface area (Å²) in [5, 5.41) is 3.11. The summed E-state index contributed by atoms with van der Waals surface area (Å²) < 4.78 is 0. The molecule has 0 bridgehead atoms. The summed E-state index contributed by atoms with van der Waals surface area (Å²) >= 11 is 0. The molecule has 0 saturated carbocycles. The first kappa shape index (κ1) is 21.7. The number of rotatable bonds is 3. The molecule has 0 unspecified atom stereocenters. The minimum Gasteiger partial charge on any atom is -0.267 e. The lowest BCUT2D eigenvalue weighted by Crippen LogP contribution is -2.58. The number of hydrogen-bond acceptors (Lipinski definition) is 2. The van der Waals surface area contributed by atoms with E-state index in [4.69, 9.17) is 0 Å². The van der Waals surface area contributed by atoms with Crippen molar-refractivity contribution in [1.82, 2.24) is 10.0 Å². The third kappa shape index (κ3) is 4.80. The molecule has 0 atom stereocenters. The molecule has 2 rings (SSSR count). The van der Waals surface area contributed by atoms with E-state index in [0.29, 0.717) is 17.7 Å². The maximum Gasteiger partial charge on any atom is 0.272 e. The Kier molecular flexibility index (Phi) is 6.33. The molecule has 0 radical (unpaired) electrons. The van der Waals surface area contributed by atoms with E-state index < -0.39 is 5.54 Å². The Labute approximate surface area is 169 Å². The highest BCUT2D eigenvalue weighted by Crippen LogP contribution is 2.25. The molecule has 4 nitrogen and oxygen atoms in total. The average molecular weight is 381 g/mol. The van der Waals surface area contributed by atoms with Crippen molar-refractivity contribution in [2.24, 2.45) is 0 Å². The van der Waals surface area contributed by atoms with Crippen LogP contribution in [0.5, 0.6) is 0 Å². The molecular weight excluding hydrogens is 348 g/mol. The van der Waals surface area contributed by atoms with E-state index in [1.54, 1.807) is 22.2 Å². The first-order valence-corrected chi connectivity index (χ1v) is 9.78. The molecule has 2 aromatic carbocycles. The van der Waals surface area contributed by atoms with Gasteiger partial charge in [-0.15, -0.1) is 0 Å². The molecule has 28 heavy (non-hydrogen) atoms. The van der Waals surface area contributed by atoms with E-state index in [1.165, 1.54) is 5.56 Å². The van der Waals surface area contributed by atoms with E-state index >= 15 is 0 Å². The van der Waals surface area contributed by atoms with Crippen molar-refractivity contribution in [2.75, 3.05) is 6.54 Å². The van der Waals surface area contributed by atoms with Crippen molar-refractivity contribution in [3.05, 3.63) is 71.3 Å². The Hall–Kier alpha value is -2.62. The summed E-state index contributed by atoms with van der Waals surface area (Å²) in [6.07, 6.45) is 0. The topological polar surface area (TPSA) is 40.6 Å². The Morgan fingerprint density at radius 1 is 0.750 bits per heavy atom. The van der Waals surface area contributed by atoms with Crippen LogP contribution in [-0.2, 0) is 5.41 Å². The molecule has 0 heterocycles. The van der Waals surface area contributed by atoms with Gasteiger partial charge >= 0.3 is 0 Å². The van der Waals surface area contributed by atoms with Crippen molar-refractivity contribution in [3.8, 4) is 0 Å². The molecule has 0 aliphatic rings. The molecule has 0 saturated heterocycles. The number of nitrogens with zero attached hydrogens (tertiary/aromatic N) is 2. The zero-order valence-electron chi connectivity index (χ0n) is 18.1. The molecule has 0 spiro atoms. The summed E-state index contributed by atoms with van der Waals surface area (Å²) in [7, 11) is 0. The highest BCUT2D eigenvalue weighted by molar-refractivity contribution is 5.99. The van der Waals surface area contributed by atoms with Crippen molar-refractivity contribution >= 4 is 11.8 Å². The lowest BCUT2D eigenvalue weighted by Gasteiger charge is -2.43. The fraction of sp³-hybridized carbons (Fsp3) is 0.417. The number of carbonyl (C=O) groups excluding carboxylic acids is 2. The van der Waals surface area contributed by atoms with Crippen LogP contribution in [0.3, 0.4) is 0 Å². The zero-order chi connectivity index (χ0) is 21.1. The standard InChI is InChI=1S/C24H32N2O2/c1-8-25(21(27)19-14-16-20(17-15-19)23(2,3)4)26(24(5,6)7)22(28)18-12-10-9-11-13-18/h9-17H,8H2,1-7H3. The Bertz CT molecular complexity index is 812. The predicted octanol–water partition coefficient (Wildman–Crippen LogP) is 5.30. The number of hydrazine groups is 1. The van der Waals surface area contributed by atoms with Crippen LogP contribution in [0.1, 0.15) is 74.7 Å². The maximum atomic E-state index is 13.3. The van der Waals surface area contributed by atoms with Gasteiger partial charge in [0.2, 0.25) is 0 Å². The molecular formula is C24H32N2O2. The smallest absolute Gasteiger partial charge is 0.267 e. The molecule has 0 aliphatic carbocycles. The summed E-state index contributed by atoms with van der Waals surface area (Å²) in [6.45, 7) is 14.5. The van der Waals surface area contributed by atoms with Crippen molar-refractivity contribution in [3.63, 3.8) is 0 Å². The van der Waals surface area contributed by atoms with Crippen molar-refractivity contribution in [2.45, 2.75) is 59.4 Å². The molecule has 0 aliphatic heterocycles. The van der Waals surface area contributed by atoms with Gasteiger partial charge in [0.05, 0.1) is 5.54 Å². The highest BCUT2D eigenvalue weighted by Gasteiger charge is 2.35. The minimum absolute atomic E-state index is 0.0206. The molecule has 150 valence electrons. The quantitative estimate of drug-likeness (QED) is 0.678. The SMILES string of the molecule is CCN(C(=O)c1ccc(C(C)(C)C)cc1)N(C(=O)c1ccccc1)C(C)(C)C. The largest absolute Gasteiger partial charge is 0.272 e. The number of benzene rings is 2. The lowest BCUT2D eigenvalue weighted by molar-refractivity contribution is -0.0410. The van der Waals surface area contributed by atoms with E-state index in [9.17, 15) is 9.59 Å². The monoisotopic (exact) mass is 380 g/mol. The summed E-state index contributed by atoms with van der Waals surface area (Å²) in [6, 6.07) is 16.8. The van der Waals surface area contributed by atoms with Gasteiger partial charge in [0.25, 0.3) is 11.8 Å². The van der Waals surface area contributed by atoms with Crippen LogP contribution < -0.4 is 0 Å². The zero-order valence-corrected chi connectivity index (χ0v) is 18.1. The van der Waals surface area contributed by atoms with Gasteiger partial charge < -0.3 is 0 Å². The number of hydrogen-bond donors (Lipinski definition) is 0. The van der Waals surface area contributed by atoms with Crippen LogP contribution >= 0.6 is 0 Å². The second-order valence-electron chi connectivity index (χ2n) is 9.00. The van der Waals surface area contributed by atoms with Crippen LogP contribution in [0.2, 0.25) is 0 Å². The van der Waals surface area contributed by atoms with Gasteiger partial charge in [-0.2, -0.15) is 0 Å². The second-order valence-corrected chi connectivity index (χ2v) is 9.00. The average Bonchev–Trinajstić information content (AvgIpc) is 2.64. The number of carbonyl (C=O) groups is 2. The molecule has 0 N–H and O–H groups in total. The Morgan fingerprint density at radius 3 is 1.68 bits per heavy atom. The molecule has 2 aromatic rings. The third-order valence-corrected chi connectivity index (χ3v) is 4.62. The first-order chi connectivity index (χ1) is 13.0. The van der Waals surface area contributed by atoms with Crippen molar-refractivity contribution in [1.29, 1.82) is 0 Å². The van der Waals surface area contributed by atoms with Gasteiger partial charge in [-0.1, -0.05) is 51.1 Å². The molecule has 0 aromatic heterocycles. The van der Waals surface area contributed by atoms with E-state index in [1.807, 2.05) is 70.2 Å². The van der Waals surface area contributed by atoms with Crippen LogP contribution in [-0.4, -0.2) is 33.9 Å². The van der Waals surface area contributed by atoms with Crippen LogP contribution in [0.4, 0.5) is 0 Å². The van der Waals surface area contributed by atoms with Crippen LogP contribution in [0.15, 0.2) is 54.6 Å². The van der Waals surface area contributed by atoms with Gasteiger partial charge in [0.15, 0.2) is 0 Å². The Morgan fingerprint density at radius 2 is 1.25 bits per heavy atom. The van der Waals surface area contributed by atoms with Crippen LogP contribution in [0.25, 0.3) is 0 Å². The van der Waals surface area contributed by atoms with Gasteiger partial charge in [0, 0.05) is 17.7 Å².